The van der Waals surface area contributed by atoms with Crippen molar-refractivity contribution in [3.05, 3.63) is 0 Å². The predicted octanol–water partition coefficient (Wildman–Crippen LogP) is 3.12. The van der Waals surface area contributed by atoms with Crippen LogP contribution in [0.1, 0.15) is 53.4 Å². The van der Waals surface area contributed by atoms with Gasteiger partial charge in [0.25, 0.3) is 0 Å². The van der Waals surface area contributed by atoms with Crippen LogP contribution in [-0.4, -0.2) is 37.5 Å². The number of hydrogen-bond acceptors (Lipinski definition) is 1. The molecule has 0 rings (SSSR count). The molecule has 0 aromatic heterocycles. The lowest BCUT2D eigenvalue weighted by atomic mass is 10.0. The van der Waals surface area contributed by atoms with Gasteiger partial charge in [0.15, 0.2) is 5.96 Å². The molecule has 0 radical (unpaired) electrons. The van der Waals surface area contributed by atoms with Crippen molar-refractivity contribution >= 4 is 5.96 Å². The minimum absolute atomic E-state index is 0.725. The van der Waals surface area contributed by atoms with Crippen molar-refractivity contribution in [1.82, 2.24) is 10.2 Å². The molecule has 0 atom stereocenters. The normalized spacial score (nSPS) is 12.0. The average molecular weight is 241 g/mol. The molecule has 0 saturated carbocycles. The summed E-state index contributed by atoms with van der Waals surface area (Å²) in [6.45, 7) is 11.8. The zero-order valence-corrected chi connectivity index (χ0v) is 12.4. The van der Waals surface area contributed by atoms with E-state index < -0.39 is 0 Å². The Kier molecular flexibility index (Phi) is 9.98. The lowest BCUT2D eigenvalue weighted by Crippen LogP contribution is -2.39. The van der Waals surface area contributed by atoms with Crippen molar-refractivity contribution in [2.45, 2.75) is 53.4 Å². The summed E-state index contributed by atoms with van der Waals surface area (Å²) in [5.74, 6) is 1.79. The summed E-state index contributed by atoms with van der Waals surface area (Å²) in [7, 11) is 2.13. The molecule has 0 aliphatic carbocycles. The van der Waals surface area contributed by atoms with Crippen LogP contribution in [0.4, 0.5) is 0 Å². The van der Waals surface area contributed by atoms with Crippen molar-refractivity contribution < 1.29 is 0 Å². The van der Waals surface area contributed by atoms with Crippen LogP contribution in [0.5, 0.6) is 0 Å². The molecule has 3 nitrogen and oxygen atoms in total. The molecule has 0 fully saturated rings. The van der Waals surface area contributed by atoms with Crippen molar-refractivity contribution in [3.8, 4) is 0 Å². The summed E-state index contributed by atoms with van der Waals surface area (Å²) in [6, 6.07) is 0. The summed E-state index contributed by atoms with van der Waals surface area (Å²) in [5, 5.41) is 3.37. The molecule has 0 aromatic carbocycles. The number of aliphatic imine (C=N–C) groups is 1. The second-order valence-electron chi connectivity index (χ2n) is 4.65. The van der Waals surface area contributed by atoms with Gasteiger partial charge in [0.2, 0.25) is 0 Å². The van der Waals surface area contributed by atoms with E-state index in [-0.39, 0.29) is 0 Å². The quantitative estimate of drug-likeness (QED) is 0.522. The van der Waals surface area contributed by atoms with E-state index in [0.717, 1.165) is 31.5 Å². The van der Waals surface area contributed by atoms with Crippen molar-refractivity contribution in [2.24, 2.45) is 10.9 Å². The zero-order valence-electron chi connectivity index (χ0n) is 12.4. The molecule has 0 bridgehead atoms. The van der Waals surface area contributed by atoms with Crippen LogP contribution in [-0.2, 0) is 0 Å². The van der Waals surface area contributed by atoms with E-state index in [4.69, 9.17) is 4.99 Å². The molecular weight excluding hydrogens is 210 g/mol. The SMILES string of the molecule is CCCCN(C)C(=NCC(CC)CC)NCC. The van der Waals surface area contributed by atoms with Crippen LogP contribution in [0, 0.1) is 5.92 Å². The first-order chi connectivity index (χ1) is 8.19. The average Bonchev–Trinajstić information content (AvgIpc) is 2.35. The second-order valence-corrected chi connectivity index (χ2v) is 4.65. The molecule has 0 amide bonds. The van der Waals surface area contributed by atoms with Gasteiger partial charge in [-0.2, -0.15) is 0 Å². The van der Waals surface area contributed by atoms with Gasteiger partial charge in [0.1, 0.15) is 0 Å². The van der Waals surface area contributed by atoms with E-state index >= 15 is 0 Å². The highest BCUT2D eigenvalue weighted by molar-refractivity contribution is 5.79. The smallest absolute Gasteiger partial charge is 0.193 e. The highest BCUT2D eigenvalue weighted by Crippen LogP contribution is 2.07. The number of nitrogens with zero attached hydrogens (tertiary/aromatic N) is 2. The van der Waals surface area contributed by atoms with E-state index in [9.17, 15) is 0 Å². The van der Waals surface area contributed by atoms with Gasteiger partial charge in [0.05, 0.1) is 0 Å². The Morgan fingerprint density at radius 2 is 1.82 bits per heavy atom. The van der Waals surface area contributed by atoms with Crippen LogP contribution in [0.2, 0.25) is 0 Å². The molecule has 0 spiro atoms. The second kappa shape index (κ2) is 10.4. The molecular formula is C14H31N3. The van der Waals surface area contributed by atoms with Crippen LogP contribution in [0.15, 0.2) is 4.99 Å². The van der Waals surface area contributed by atoms with E-state index in [1.165, 1.54) is 25.7 Å². The van der Waals surface area contributed by atoms with Crippen molar-refractivity contribution in [2.75, 3.05) is 26.7 Å². The minimum Gasteiger partial charge on any atom is -0.357 e. The zero-order chi connectivity index (χ0) is 13.1. The Bertz CT molecular complexity index is 198. The first-order valence-corrected chi connectivity index (χ1v) is 7.18. The van der Waals surface area contributed by atoms with E-state index in [0.29, 0.717) is 0 Å². The Hall–Kier alpha value is -0.730. The minimum atomic E-state index is 0.725. The van der Waals surface area contributed by atoms with Crippen LogP contribution in [0.25, 0.3) is 0 Å². The third-order valence-corrected chi connectivity index (χ3v) is 3.20. The van der Waals surface area contributed by atoms with Crippen molar-refractivity contribution in [1.29, 1.82) is 0 Å². The van der Waals surface area contributed by atoms with Crippen LogP contribution < -0.4 is 5.32 Å². The number of rotatable bonds is 8. The number of guanidine groups is 1. The summed E-state index contributed by atoms with van der Waals surface area (Å²) >= 11 is 0. The summed E-state index contributed by atoms with van der Waals surface area (Å²) < 4.78 is 0. The predicted molar refractivity (Wildman–Crippen MR) is 77.6 cm³/mol. The van der Waals surface area contributed by atoms with E-state index in [1.807, 2.05) is 0 Å². The Morgan fingerprint density at radius 1 is 1.18 bits per heavy atom. The maximum absolute atomic E-state index is 4.74. The van der Waals surface area contributed by atoms with Gasteiger partial charge in [-0.1, -0.05) is 40.0 Å². The van der Waals surface area contributed by atoms with Gasteiger partial charge in [-0.15, -0.1) is 0 Å². The monoisotopic (exact) mass is 241 g/mol. The van der Waals surface area contributed by atoms with Gasteiger partial charge in [0, 0.05) is 26.7 Å². The highest BCUT2D eigenvalue weighted by atomic mass is 15.3. The highest BCUT2D eigenvalue weighted by Gasteiger charge is 2.07. The molecule has 0 aromatic rings. The fraction of sp³-hybridized carbons (Fsp3) is 0.929. The fourth-order valence-corrected chi connectivity index (χ4v) is 1.73. The summed E-state index contributed by atoms with van der Waals surface area (Å²) in [6.07, 6.45) is 4.90. The van der Waals surface area contributed by atoms with Crippen LogP contribution in [0.3, 0.4) is 0 Å². The van der Waals surface area contributed by atoms with Gasteiger partial charge in [-0.3, -0.25) is 4.99 Å². The maximum Gasteiger partial charge on any atom is 0.193 e. The summed E-state index contributed by atoms with van der Waals surface area (Å²) in [5.41, 5.74) is 0. The fourth-order valence-electron chi connectivity index (χ4n) is 1.73. The topological polar surface area (TPSA) is 27.6 Å². The third-order valence-electron chi connectivity index (χ3n) is 3.20. The summed E-state index contributed by atoms with van der Waals surface area (Å²) in [4.78, 5) is 6.99. The molecule has 0 aliphatic rings. The van der Waals surface area contributed by atoms with Crippen LogP contribution >= 0.6 is 0 Å². The van der Waals surface area contributed by atoms with Gasteiger partial charge >= 0.3 is 0 Å². The van der Waals surface area contributed by atoms with E-state index in [2.05, 4.69) is 45.0 Å². The molecule has 17 heavy (non-hydrogen) atoms. The Morgan fingerprint density at radius 3 is 2.29 bits per heavy atom. The molecule has 0 unspecified atom stereocenters. The molecule has 102 valence electrons. The lowest BCUT2D eigenvalue weighted by molar-refractivity contribution is 0.454. The number of nitrogens with one attached hydrogen (secondary N) is 1. The first kappa shape index (κ1) is 16.3. The first-order valence-electron chi connectivity index (χ1n) is 7.18. The molecule has 0 saturated heterocycles. The number of hydrogen-bond donors (Lipinski definition) is 1. The van der Waals surface area contributed by atoms with Gasteiger partial charge < -0.3 is 10.2 Å². The number of unbranched alkanes of at least 4 members (excludes halogenated alkanes) is 1. The largest absolute Gasteiger partial charge is 0.357 e. The maximum atomic E-state index is 4.74. The molecule has 3 heteroatoms. The van der Waals surface area contributed by atoms with E-state index in [1.54, 1.807) is 0 Å². The Labute approximate surface area is 108 Å². The molecule has 0 aliphatic heterocycles. The van der Waals surface area contributed by atoms with Crippen molar-refractivity contribution in [3.63, 3.8) is 0 Å². The lowest BCUT2D eigenvalue weighted by Gasteiger charge is -2.22. The van der Waals surface area contributed by atoms with Gasteiger partial charge in [-0.25, -0.2) is 0 Å². The Balaban J connectivity index is 4.32. The standard InChI is InChI=1S/C14H31N3/c1-6-10-11-17(5)14(15-9-4)16-12-13(7-2)8-3/h13H,6-12H2,1-5H3,(H,15,16). The third kappa shape index (κ3) is 7.24. The molecule has 0 heterocycles. The van der Waals surface area contributed by atoms with Gasteiger partial charge in [-0.05, 0) is 19.3 Å². The molecule has 1 N–H and O–H groups in total.